The van der Waals surface area contributed by atoms with Crippen LogP contribution in [0.3, 0.4) is 0 Å². The Morgan fingerprint density at radius 2 is 2.00 bits per heavy atom. The third-order valence-corrected chi connectivity index (χ3v) is 3.55. The molecule has 0 fully saturated rings. The first kappa shape index (κ1) is 14.7. The fourth-order valence-corrected chi connectivity index (χ4v) is 2.46. The van der Waals surface area contributed by atoms with E-state index in [9.17, 15) is 0 Å². The first-order valence-corrected chi connectivity index (χ1v) is 7.16. The van der Waals surface area contributed by atoms with Gasteiger partial charge in [-0.25, -0.2) is 0 Å². The average molecular weight is 272 g/mol. The molecule has 0 atom stereocenters. The Labute approximate surface area is 121 Å². The van der Waals surface area contributed by atoms with Crippen molar-refractivity contribution in [2.75, 3.05) is 18.5 Å². The lowest BCUT2D eigenvalue weighted by atomic mass is 10.1. The van der Waals surface area contributed by atoms with Crippen LogP contribution in [0.2, 0.25) is 0 Å². The molecule has 3 nitrogen and oxygen atoms in total. The van der Waals surface area contributed by atoms with E-state index >= 15 is 0 Å². The minimum Gasteiger partial charge on any atom is -0.467 e. The van der Waals surface area contributed by atoms with Gasteiger partial charge in [-0.05, 0) is 38.1 Å². The largest absolute Gasteiger partial charge is 0.467 e. The number of furan rings is 1. The van der Waals surface area contributed by atoms with E-state index in [1.165, 1.54) is 22.4 Å². The Balaban J connectivity index is 2.11. The Hall–Kier alpha value is -1.74. The molecular formula is C17H24N2O. The van der Waals surface area contributed by atoms with E-state index in [1.807, 2.05) is 6.07 Å². The van der Waals surface area contributed by atoms with Crippen molar-refractivity contribution in [1.29, 1.82) is 0 Å². The number of hydrogen-bond donors (Lipinski definition) is 1. The van der Waals surface area contributed by atoms with Crippen molar-refractivity contribution < 1.29 is 4.42 Å². The molecule has 0 aliphatic rings. The van der Waals surface area contributed by atoms with Crippen LogP contribution in [-0.2, 0) is 13.1 Å². The van der Waals surface area contributed by atoms with Crippen molar-refractivity contribution in [2.24, 2.45) is 0 Å². The molecule has 0 bridgehead atoms. The summed E-state index contributed by atoms with van der Waals surface area (Å²) in [6, 6.07) is 8.60. The molecule has 108 valence electrons. The van der Waals surface area contributed by atoms with Crippen molar-refractivity contribution in [3.8, 4) is 0 Å². The normalized spacial score (nSPS) is 10.8. The van der Waals surface area contributed by atoms with Crippen molar-refractivity contribution in [3.05, 3.63) is 53.0 Å². The summed E-state index contributed by atoms with van der Waals surface area (Å²) >= 11 is 0. The van der Waals surface area contributed by atoms with Gasteiger partial charge in [0.05, 0.1) is 12.8 Å². The van der Waals surface area contributed by atoms with Gasteiger partial charge in [0, 0.05) is 24.8 Å². The number of anilines is 1. The van der Waals surface area contributed by atoms with Gasteiger partial charge in [-0.1, -0.05) is 24.6 Å². The molecule has 0 amide bonds. The smallest absolute Gasteiger partial charge is 0.127 e. The number of nitrogens with one attached hydrogen (secondary N) is 1. The molecular weight excluding hydrogens is 248 g/mol. The van der Waals surface area contributed by atoms with Crippen LogP contribution in [0.5, 0.6) is 0 Å². The van der Waals surface area contributed by atoms with E-state index in [0.717, 1.165) is 25.4 Å². The zero-order valence-electron chi connectivity index (χ0n) is 12.9. The third kappa shape index (κ3) is 3.42. The highest BCUT2D eigenvalue weighted by molar-refractivity contribution is 5.54. The first-order chi connectivity index (χ1) is 9.61. The average Bonchev–Trinajstić information content (AvgIpc) is 2.83. The predicted molar refractivity (Wildman–Crippen MR) is 84.1 cm³/mol. The van der Waals surface area contributed by atoms with Crippen molar-refractivity contribution in [2.45, 2.75) is 33.9 Å². The quantitative estimate of drug-likeness (QED) is 0.870. The number of hydrogen-bond acceptors (Lipinski definition) is 3. The summed E-state index contributed by atoms with van der Waals surface area (Å²) in [5.74, 6) is 1.04. The molecule has 1 heterocycles. The first-order valence-electron chi connectivity index (χ1n) is 7.16. The maximum atomic E-state index is 5.64. The topological polar surface area (TPSA) is 28.4 Å². The van der Waals surface area contributed by atoms with Gasteiger partial charge in [-0.2, -0.15) is 0 Å². The molecule has 0 aliphatic heterocycles. The third-order valence-electron chi connectivity index (χ3n) is 3.55. The predicted octanol–water partition coefficient (Wildman–Crippen LogP) is 3.64. The van der Waals surface area contributed by atoms with Crippen LogP contribution in [-0.4, -0.2) is 13.6 Å². The molecule has 0 spiro atoms. The molecule has 0 saturated carbocycles. The van der Waals surface area contributed by atoms with Crippen LogP contribution in [0, 0.1) is 13.8 Å². The monoisotopic (exact) mass is 272 g/mol. The molecule has 0 aliphatic carbocycles. The van der Waals surface area contributed by atoms with Crippen LogP contribution in [0.25, 0.3) is 0 Å². The van der Waals surface area contributed by atoms with E-state index in [1.54, 1.807) is 6.26 Å². The van der Waals surface area contributed by atoms with Crippen LogP contribution >= 0.6 is 0 Å². The summed E-state index contributed by atoms with van der Waals surface area (Å²) in [5, 5.41) is 3.34. The molecule has 20 heavy (non-hydrogen) atoms. The Morgan fingerprint density at radius 3 is 2.70 bits per heavy atom. The molecule has 1 N–H and O–H groups in total. The second kappa shape index (κ2) is 6.62. The summed E-state index contributed by atoms with van der Waals surface area (Å²) in [5.41, 5.74) is 5.09. The van der Waals surface area contributed by atoms with E-state index in [-0.39, 0.29) is 0 Å². The lowest BCUT2D eigenvalue weighted by molar-refractivity contribution is 0.500. The number of rotatable bonds is 6. The summed E-state index contributed by atoms with van der Waals surface area (Å²) in [6.45, 7) is 9.01. The SMILES string of the molecule is CCNCc1ccoc1CN(C)c1ccc(C)cc1C. The molecule has 0 radical (unpaired) electrons. The van der Waals surface area contributed by atoms with Gasteiger partial charge in [0.1, 0.15) is 5.76 Å². The van der Waals surface area contributed by atoms with E-state index < -0.39 is 0 Å². The van der Waals surface area contributed by atoms with Crippen LogP contribution in [0.4, 0.5) is 5.69 Å². The van der Waals surface area contributed by atoms with Gasteiger partial charge in [0.25, 0.3) is 0 Å². The number of nitrogens with zero attached hydrogens (tertiary/aromatic N) is 1. The van der Waals surface area contributed by atoms with Crippen LogP contribution in [0.15, 0.2) is 34.9 Å². The Bertz CT molecular complexity index is 560. The maximum absolute atomic E-state index is 5.64. The second-order valence-electron chi connectivity index (χ2n) is 5.30. The molecule has 3 heteroatoms. The van der Waals surface area contributed by atoms with Crippen LogP contribution in [0.1, 0.15) is 29.4 Å². The van der Waals surface area contributed by atoms with Gasteiger partial charge in [0.2, 0.25) is 0 Å². The lowest BCUT2D eigenvalue weighted by Crippen LogP contribution is -2.19. The van der Waals surface area contributed by atoms with E-state index in [0.29, 0.717) is 0 Å². The summed E-state index contributed by atoms with van der Waals surface area (Å²) < 4.78 is 5.64. The van der Waals surface area contributed by atoms with Crippen molar-refractivity contribution in [1.82, 2.24) is 5.32 Å². The lowest BCUT2D eigenvalue weighted by Gasteiger charge is -2.21. The van der Waals surface area contributed by atoms with Gasteiger partial charge in [-0.3, -0.25) is 0 Å². The standard InChI is InChI=1S/C17H24N2O/c1-5-18-11-15-8-9-20-17(15)12-19(4)16-7-6-13(2)10-14(16)3/h6-10,18H,5,11-12H2,1-4H3. The molecule has 0 saturated heterocycles. The highest BCUT2D eigenvalue weighted by Gasteiger charge is 2.11. The molecule has 1 aromatic heterocycles. The van der Waals surface area contributed by atoms with Gasteiger partial charge in [0.15, 0.2) is 0 Å². The zero-order valence-corrected chi connectivity index (χ0v) is 12.9. The minimum absolute atomic E-state index is 0.789. The molecule has 2 aromatic rings. The fraction of sp³-hybridized carbons (Fsp3) is 0.412. The molecule has 2 rings (SSSR count). The maximum Gasteiger partial charge on any atom is 0.127 e. The van der Waals surface area contributed by atoms with E-state index in [4.69, 9.17) is 4.42 Å². The fourth-order valence-electron chi connectivity index (χ4n) is 2.46. The second-order valence-corrected chi connectivity index (χ2v) is 5.30. The Morgan fingerprint density at radius 1 is 1.20 bits per heavy atom. The highest BCUT2D eigenvalue weighted by Crippen LogP contribution is 2.23. The summed E-state index contributed by atoms with van der Waals surface area (Å²) in [4.78, 5) is 2.24. The van der Waals surface area contributed by atoms with E-state index in [2.05, 4.69) is 56.2 Å². The molecule has 0 unspecified atom stereocenters. The van der Waals surface area contributed by atoms with Crippen LogP contribution < -0.4 is 10.2 Å². The molecule has 1 aromatic carbocycles. The van der Waals surface area contributed by atoms with Gasteiger partial charge >= 0.3 is 0 Å². The van der Waals surface area contributed by atoms with Crippen molar-refractivity contribution in [3.63, 3.8) is 0 Å². The highest BCUT2D eigenvalue weighted by atomic mass is 16.3. The number of aryl methyl sites for hydroxylation is 2. The Kier molecular flexibility index (Phi) is 4.85. The van der Waals surface area contributed by atoms with Gasteiger partial charge < -0.3 is 14.6 Å². The summed E-state index contributed by atoms with van der Waals surface area (Å²) in [6.07, 6.45) is 1.78. The summed E-state index contributed by atoms with van der Waals surface area (Å²) in [7, 11) is 2.11. The zero-order chi connectivity index (χ0) is 14.5. The van der Waals surface area contributed by atoms with Gasteiger partial charge in [-0.15, -0.1) is 0 Å². The van der Waals surface area contributed by atoms with Crippen molar-refractivity contribution >= 4 is 5.69 Å². The minimum atomic E-state index is 0.789. The number of benzene rings is 1.